The van der Waals surface area contributed by atoms with Crippen LogP contribution >= 0.6 is 11.3 Å². The lowest BCUT2D eigenvalue weighted by atomic mass is 9.82. The third-order valence-electron chi connectivity index (χ3n) is 9.68. The summed E-state index contributed by atoms with van der Waals surface area (Å²) in [6.07, 6.45) is 0. The summed E-state index contributed by atoms with van der Waals surface area (Å²) < 4.78 is 1.32. The van der Waals surface area contributed by atoms with Gasteiger partial charge in [0, 0.05) is 15.1 Å². The standard InChI is InChI=1S/C45H32S.C2H6/c1-27-8-14-30(15-9-27)38-25-39(31-16-10-28(2)11-17-31)35-22-23-37-41(43-24-33-6-4-5-7-42(33)46-43)26-40(32-18-12-29(3)13-19-32)36-21-20-34(38)44(35)45(36)37;1-2/h4-26H,1-3H3;1-2H3. The van der Waals surface area contributed by atoms with Crippen LogP contribution in [0, 0.1) is 20.8 Å². The molecule has 232 valence electrons. The molecule has 0 atom stereocenters. The molecule has 0 fully saturated rings. The molecular weight excluding hydrogens is 597 g/mol. The van der Waals surface area contributed by atoms with Crippen LogP contribution in [0.3, 0.4) is 0 Å². The number of benzene rings is 8. The van der Waals surface area contributed by atoms with Gasteiger partial charge in [-0.2, -0.15) is 0 Å². The van der Waals surface area contributed by atoms with E-state index in [-0.39, 0.29) is 0 Å². The first-order valence-electron chi connectivity index (χ1n) is 17.0. The normalized spacial score (nSPS) is 11.4. The molecule has 8 aromatic carbocycles. The van der Waals surface area contributed by atoms with Crippen molar-refractivity contribution in [2.45, 2.75) is 34.6 Å². The van der Waals surface area contributed by atoms with Crippen molar-refractivity contribution in [3.8, 4) is 43.8 Å². The zero-order valence-electron chi connectivity index (χ0n) is 28.2. The zero-order chi connectivity index (χ0) is 32.9. The molecule has 1 heterocycles. The van der Waals surface area contributed by atoms with Crippen LogP contribution in [0.25, 0.3) is 86.2 Å². The highest BCUT2D eigenvalue weighted by Crippen LogP contribution is 2.49. The van der Waals surface area contributed by atoms with Crippen LogP contribution in [0.1, 0.15) is 30.5 Å². The van der Waals surface area contributed by atoms with E-state index >= 15 is 0 Å². The quantitative estimate of drug-likeness (QED) is 0.169. The molecule has 48 heavy (non-hydrogen) atoms. The van der Waals surface area contributed by atoms with Gasteiger partial charge in [-0.05, 0) is 116 Å². The Kier molecular flexibility index (Phi) is 7.58. The smallest absolute Gasteiger partial charge is 0.0361 e. The van der Waals surface area contributed by atoms with Crippen LogP contribution in [0.2, 0.25) is 0 Å². The van der Waals surface area contributed by atoms with Gasteiger partial charge in [0.1, 0.15) is 0 Å². The van der Waals surface area contributed by atoms with E-state index in [9.17, 15) is 0 Å². The molecule has 0 saturated heterocycles. The van der Waals surface area contributed by atoms with Gasteiger partial charge in [0.15, 0.2) is 0 Å². The Bertz CT molecular complexity index is 2460. The first-order chi connectivity index (χ1) is 23.5. The lowest BCUT2D eigenvalue weighted by molar-refractivity contribution is 1.47. The molecule has 0 spiro atoms. The monoisotopic (exact) mass is 634 g/mol. The van der Waals surface area contributed by atoms with Crippen LogP contribution in [-0.2, 0) is 0 Å². The Morgan fingerprint density at radius 1 is 0.375 bits per heavy atom. The second-order valence-corrected chi connectivity index (χ2v) is 13.8. The van der Waals surface area contributed by atoms with Gasteiger partial charge in [0.2, 0.25) is 0 Å². The van der Waals surface area contributed by atoms with E-state index in [2.05, 4.69) is 160 Å². The summed E-state index contributed by atoms with van der Waals surface area (Å²) in [6, 6.07) is 52.6. The fourth-order valence-electron chi connectivity index (χ4n) is 7.23. The van der Waals surface area contributed by atoms with Crippen molar-refractivity contribution in [2.24, 2.45) is 0 Å². The number of rotatable bonds is 4. The largest absolute Gasteiger partial charge is 0.135 e. The van der Waals surface area contributed by atoms with E-state index in [0.717, 1.165) is 0 Å². The van der Waals surface area contributed by atoms with Crippen molar-refractivity contribution >= 4 is 53.7 Å². The average molecular weight is 635 g/mol. The topological polar surface area (TPSA) is 0 Å². The summed E-state index contributed by atoms with van der Waals surface area (Å²) in [5.41, 5.74) is 12.7. The second-order valence-electron chi connectivity index (χ2n) is 12.8. The molecule has 1 aromatic heterocycles. The Labute approximate surface area is 287 Å². The zero-order valence-corrected chi connectivity index (χ0v) is 29.0. The summed E-state index contributed by atoms with van der Waals surface area (Å²) in [5.74, 6) is 0. The van der Waals surface area contributed by atoms with Crippen LogP contribution < -0.4 is 0 Å². The molecule has 0 aliphatic carbocycles. The maximum atomic E-state index is 2.44. The molecule has 9 rings (SSSR count). The highest BCUT2D eigenvalue weighted by Gasteiger charge is 2.21. The molecular formula is C47H38S. The van der Waals surface area contributed by atoms with E-state index in [1.807, 2.05) is 25.2 Å². The summed E-state index contributed by atoms with van der Waals surface area (Å²) >= 11 is 1.89. The highest BCUT2D eigenvalue weighted by atomic mass is 32.1. The van der Waals surface area contributed by atoms with Gasteiger partial charge in [-0.3, -0.25) is 0 Å². The summed E-state index contributed by atoms with van der Waals surface area (Å²) in [4.78, 5) is 1.31. The van der Waals surface area contributed by atoms with E-state index in [0.29, 0.717) is 0 Å². The molecule has 0 unspecified atom stereocenters. The lowest BCUT2D eigenvalue weighted by Gasteiger charge is -2.21. The van der Waals surface area contributed by atoms with Crippen LogP contribution in [0.5, 0.6) is 0 Å². The van der Waals surface area contributed by atoms with Gasteiger partial charge in [-0.15, -0.1) is 11.3 Å². The average Bonchev–Trinajstić information content (AvgIpc) is 3.56. The van der Waals surface area contributed by atoms with Gasteiger partial charge in [-0.1, -0.05) is 146 Å². The molecule has 0 N–H and O–H groups in total. The van der Waals surface area contributed by atoms with E-state index in [1.54, 1.807) is 0 Å². The first kappa shape index (κ1) is 30.1. The molecule has 0 aliphatic rings. The summed E-state index contributed by atoms with van der Waals surface area (Å²) in [7, 11) is 0. The molecule has 9 aromatic rings. The van der Waals surface area contributed by atoms with Crippen molar-refractivity contribution in [2.75, 3.05) is 0 Å². The van der Waals surface area contributed by atoms with Crippen LogP contribution in [-0.4, -0.2) is 0 Å². The summed E-state index contributed by atoms with van der Waals surface area (Å²) in [5, 5.41) is 9.22. The molecule has 0 radical (unpaired) electrons. The summed E-state index contributed by atoms with van der Waals surface area (Å²) in [6.45, 7) is 10.5. The van der Waals surface area contributed by atoms with E-state index in [1.165, 1.54) is 103 Å². The number of hydrogen-bond acceptors (Lipinski definition) is 1. The maximum absolute atomic E-state index is 2.44. The van der Waals surface area contributed by atoms with Gasteiger partial charge in [0.25, 0.3) is 0 Å². The van der Waals surface area contributed by atoms with Crippen molar-refractivity contribution in [3.63, 3.8) is 0 Å². The molecule has 0 bridgehead atoms. The number of fused-ring (bicyclic) bond motifs is 1. The highest BCUT2D eigenvalue weighted by molar-refractivity contribution is 7.22. The Morgan fingerprint density at radius 3 is 1.17 bits per heavy atom. The third-order valence-corrected chi connectivity index (χ3v) is 10.8. The SMILES string of the molecule is CC.Cc1ccc(-c2cc(-c3ccc(C)cc3)c3ccc4c(-c5cc6ccccc6s5)cc(-c5ccc(C)cc5)c5ccc2c3c54)cc1. The molecule has 0 aliphatic heterocycles. The minimum Gasteiger partial charge on any atom is -0.135 e. The van der Waals surface area contributed by atoms with E-state index in [4.69, 9.17) is 0 Å². The van der Waals surface area contributed by atoms with Gasteiger partial charge in [0.05, 0.1) is 0 Å². The third kappa shape index (κ3) is 4.98. The molecule has 1 heteroatoms. The lowest BCUT2D eigenvalue weighted by Crippen LogP contribution is -1.94. The number of aryl methyl sites for hydroxylation is 3. The predicted octanol–water partition coefficient (Wildman–Crippen LogP) is 14.4. The van der Waals surface area contributed by atoms with Crippen molar-refractivity contribution in [1.29, 1.82) is 0 Å². The Balaban J connectivity index is 0.00000165. The molecule has 0 amide bonds. The molecule has 0 saturated carbocycles. The van der Waals surface area contributed by atoms with Gasteiger partial charge >= 0.3 is 0 Å². The number of thiophene rings is 1. The number of hydrogen-bond donors (Lipinski definition) is 0. The molecule has 0 nitrogen and oxygen atoms in total. The fraction of sp³-hybridized carbons (Fsp3) is 0.106. The van der Waals surface area contributed by atoms with Crippen molar-refractivity contribution < 1.29 is 0 Å². The minimum absolute atomic E-state index is 1.25. The van der Waals surface area contributed by atoms with Gasteiger partial charge < -0.3 is 0 Å². The van der Waals surface area contributed by atoms with E-state index < -0.39 is 0 Å². The Morgan fingerprint density at radius 2 is 0.750 bits per heavy atom. The maximum Gasteiger partial charge on any atom is 0.0361 e. The first-order valence-corrected chi connectivity index (χ1v) is 17.8. The van der Waals surface area contributed by atoms with Crippen molar-refractivity contribution in [1.82, 2.24) is 0 Å². The van der Waals surface area contributed by atoms with Gasteiger partial charge in [-0.25, -0.2) is 0 Å². The van der Waals surface area contributed by atoms with Crippen molar-refractivity contribution in [3.05, 3.63) is 156 Å². The van der Waals surface area contributed by atoms with Crippen LogP contribution in [0.4, 0.5) is 0 Å². The Hall–Kier alpha value is -5.24. The fourth-order valence-corrected chi connectivity index (χ4v) is 8.32. The minimum atomic E-state index is 1.25. The predicted molar refractivity (Wildman–Crippen MR) is 213 cm³/mol. The van der Waals surface area contributed by atoms with Crippen LogP contribution in [0.15, 0.2) is 140 Å². The second kappa shape index (κ2) is 12.1.